The van der Waals surface area contributed by atoms with E-state index in [4.69, 9.17) is 16.7 Å². The van der Waals surface area contributed by atoms with Gasteiger partial charge in [-0.25, -0.2) is 0 Å². The molecule has 0 bridgehead atoms. The van der Waals surface area contributed by atoms with Crippen LogP contribution in [0, 0.1) is 5.92 Å². The second-order valence-corrected chi connectivity index (χ2v) is 4.73. The second-order valence-electron chi connectivity index (χ2n) is 3.47. The van der Waals surface area contributed by atoms with E-state index in [1.165, 1.54) is 0 Å². The normalized spacial score (nSPS) is 14.5. The molecule has 0 aromatic heterocycles. The number of carboxylic acid groups (broad SMARTS) is 1. The molecule has 1 aromatic rings. The average molecular weight is 308 g/mol. The Labute approximate surface area is 107 Å². The lowest BCUT2D eigenvalue weighted by Gasteiger charge is -2.18. The van der Waals surface area contributed by atoms with E-state index in [1.54, 1.807) is 25.1 Å². The zero-order valence-corrected chi connectivity index (χ0v) is 11.0. The summed E-state index contributed by atoms with van der Waals surface area (Å²) < 4.78 is 0.716. The highest BCUT2D eigenvalue weighted by molar-refractivity contribution is 9.10. The van der Waals surface area contributed by atoms with Crippen molar-refractivity contribution in [1.29, 1.82) is 0 Å². The van der Waals surface area contributed by atoms with Gasteiger partial charge in [0.05, 0.1) is 17.0 Å². The number of aliphatic hydroxyl groups excluding tert-OH is 1. The summed E-state index contributed by atoms with van der Waals surface area (Å²) in [7, 11) is 0. The Morgan fingerprint density at radius 3 is 2.62 bits per heavy atom. The van der Waals surface area contributed by atoms with Crippen LogP contribution < -0.4 is 0 Å². The maximum absolute atomic E-state index is 10.9. The molecule has 3 nitrogen and oxygen atoms in total. The summed E-state index contributed by atoms with van der Waals surface area (Å²) in [5, 5.41) is 19.3. The minimum Gasteiger partial charge on any atom is -0.481 e. The molecule has 0 aliphatic heterocycles. The summed E-state index contributed by atoms with van der Waals surface area (Å²) in [5.41, 5.74) is 0.516. The van der Waals surface area contributed by atoms with Gasteiger partial charge in [0.1, 0.15) is 0 Å². The van der Waals surface area contributed by atoms with Gasteiger partial charge in [0.25, 0.3) is 0 Å². The number of aliphatic hydroxyl groups is 1. The summed E-state index contributed by atoms with van der Waals surface area (Å²) in [6, 6.07) is 4.92. The molecule has 0 aliphatic rings. The average Bonchev–Trinajstić information content (AvgIpc) is 2.22. The van der Waals surface area contributed by atoms with Crippen LogP contribution >= 0.6 is 27.5 Å². The van der Waals surface area contributed by atoms with Crippen LogP contribution in [0.2, 0.25) is 5.02 Å². The fourth-order valence-electron chi connectivity index (χ4n) is 1.46. The third kappa shape index (κ3) is 2.97. The second kappa shape index (κ2) is 5.66. The zero-order valence-electron chi connectivity index (χ0n) is 8.65. The summed E-state index contributed by atoms with van der Waals surface area (Å²) in [6.45, 7) is 1.72. The van der Waals surface area contributed by atoms with Crippen molar-refractivity contribution in [2.24, 2.45) is 5.92 Å². The van der Waals surface area contributed by atoms with Gasteiger partial charge in [-0.15, -0.1) is 0 Å². The monoisotopic (exact) mass is 306 g/mol. The minimum atomic E-state index is -1.03. The predicted octanol–water partition coefficient (Wildman–Crippen LogP) is 3.25. The van der Waals surface area contributed by atoms with E-state index in [9.17, 15) is 9.90 Å². The van der Waals surface area contributed by atoms with Crippen molar-refractivity contribution >= 4 is 33.5 Å². The van der Waals surface area contributed by atoms with Crippen LogP contribution in [0.1, 0.15) is 25.0 Å². The van der Waals surface area contributed by atoms with E-state index < -0.39 is 18.0 Å². The van der Waals surface area contributed by atoms with E-state index in [-0.39, 0.29) is 0 Å². The maximum atomic E-state index is 10.9. The molecule has 0 saturated carbocycles. The Balaban J connectivity index is 2.99. The number of benzene rings is 1. The fraction of sp³-hybridized carbons (Fsp3) is 0.364. The molecular formula is C11H12BrClO3. The smallest absolute Gasteiger partial charge is 0.309 e. The molecular weight excluding hydrogens is 295 g/mol. The molecule has 2 N–H and O–H groups in total. The van der Waals surface area contributed by atoms with Crippen molar-refractivity contribution in [3.05, 3.63) is 33.3 Å². The number of carboxylic acids is 1. The van der Waals surface area contributed by atoms with E-state index in [0.29, 0.717) is 21.5 Å². The molecule has 88 valence electrons. The molecule has 16 heavy (non-hydrogen) atoms. The zero-order chi connectivity index (χ0) is 12.3. The topological polar surface area (TPSA) is 57.5 Å². The molecule has 0 spiro atoms. The Bertz CT molecular complexity index is 395. The van der Waals surface area contributed by atoms with Gasteiger partial charge in [0.15, 0.2) is 0 Å². The third-order valence-electron chi connectivity index (χ3n) is 2.42. The van der Waals surface area contributed by atoms with Crippen LogP contribution in [0.3, 0.4) is 0 Å². The van der Waals surface area contributed by atoms with Gasteiger partial charge in [-0.2, -0.15) is 0 Å². The molecule has 5 heteroatoms. The first-order valence-corrected chi connectivity index (χ1v) is 6.00. The van der Waals surface area contributed by atoms with E-state index in [0.717, 1.165) is 0 Å². The van der Waals surface area contributed by atoms with Crippen molar-refractivity contribution in [2.45, 2.75) is 19.4 Å². The van der Waals surface area contributed by atoms with Crippen LogP contribution in [-0.2, 0) is 4.79 Å². The Morgan fingerprint density at radius 1 is 1.56 bits per heavy atom. The van der Waals surface area contributed by atoms with Gasteiger partial charge in [0.2, 0.25) is 0 Å². The number of carbonyl (C=O) groups is 1. The highest BCUT2D eigenvalue weighted by Gasteiger charge is 2.26. The maximum Gasteiger partial charge on any atom is 0.309 e. The SMILES string of the molecule is CCC(C(=O)O)C(O)c1ccc(Br)c(Cl)c1. The molecule has 0 radical (unpaired) electrons. The first-order chi connectivity index (χ1) is 7.47. The number of hydrogen-bond donors (Lipinski definition) is 2. The lowest BCUT2D eigenvalue weighted by molar-refractivity contribution is -0.146. The van der Waals surface area contributed by atoms with Crippen molar-refractivity contribution < 1.29 is 15.0 Å². The molecule has 0 heterocycles. The molecule has 0 saturated heterocycles. The number of halogens is 2. The molecule has 2 atom stereocenters. The molecule has 2 unspecified atom stereocenters. The third-order valence-corrected chi connectivity index (χ3v) is 3.66. The summed E-state index contributed by atoms with van der Waals surface area (Å²) in [6.07, 6.45) is -0.669. The van der Waals surface area contributed by atoms with Gasteiger partial charge in [-0.05, 0) is 40.0 Å². The molecule has 0 aliphatic carbocycles. The van der Waals surface area contributed by atoms with Crippen LogP contribution in [0.25, 0.3) is 0 Å². The van der Waals surface area contributed by atoms with Crippen LogP contribution in [0.5, 0.6) is 0 Å². The highest BCUT2D eigenvalue weighted by Crippen LogP contribution is 2.30. The Morgan fingerprint density at radius 2 is 2.19 bits per heavy atom. The largest absolute Gasteiger partial charge is 0.481 e. The molecule has 0 fully saturated rings. The van der Waals surface area contributed by atoms with Crippen LogP contribution in [-0.4, -0.2) is 16.2 Å². The van der Waals surface area contributed by atoms with Crippen molar-refractivity contribution in [2.75, 3.05) is 0 Å². The van der Waals surface area contributed by atoms with E-state index in [1.807, 2.05) is 0 Å². The standard InChI is InChI=1S/C11H12BrClO3/c1-2-7(11(15)16)10(14)6-3-4-8(12)9(13)5-6/h3-5,7,10,14H,2H2,1H3,(H,15,16). The van der Waals surface area contributed by atoms with E-state index in [2.05, 4.69) is 15.9 Å². The quantitative estimate of drug-likeness (QED) is 0.898. The van der Waals surface area contributed by atoms with Crippen LogP contribution in [0.4, 0.5) is 0 Å². The fourth-order valence-corrected chi connectivity index (χ4v) is 1.90. The van der Waals surface area contributed by atoms with Crippen molar-refractivity contribution in [3.8, 4) is 0 Å². The van der Waals surface area contributed by atoms with E-state index >= 15 is 0 Å². The van der Waals surface area contributed by atoms with Gasteiger partial charge in [-0.3, -0.25) is 4.79 Å². The number of hydrogen-bond acceptors (Lipinski definition) is 2. The number of aliphatic carboxylic acids is 1. The predicted molar refractivity (Wildman–Crippen MR) is 65.5 cm³/mol. The molecule has 1 rings (SSSR count). The molecule has 0 amide bonds. The molecule has 1 aromatic carbocycles. The van der Waals surface area contributed by atoms with Gasteiger partial charge < -0.3 is 10.2 Å². The summed E-state index contributed by atoms with van der Waals surface area (Å²) >= 11 is 9.11. The summed E-state index contributed by atoms with van der Waals surface area (Å²) in [5.74, 6) is -1.81. The van der Waals surface area contributed by atoms with Crippen LogP contribution in [0.15, 0.2) is 22.7 Å². The first-order valence-electron chi connectivity index (χ1n) is 4.83. The van der Waals surface area contributed by atoms with Gasteiger partial charge in [0, 0.05) is 4.47 Å². The van der Waals surface area contributed by atoms with Gasteiger partial charge >= 0.3 is 5.97 Å². The van der Waals surface area contributed by atoms with Crippen molar-refractivity contribution in [1.82, 2.24) is 0 Å². The van der Waals surface area contributed by atoms with Gasteiger partial charge in [-0.1, -0.05) is 24.6 Å². The lowest BCUT2D eigenvalue weighted by atomic mass is 9.94. The Hall–Kier alpha value is -0.580. The number of rotatable bonds is 4. The van der Waals surface area contributed by atoms with Crippen molar-refractivity contribution in [3.63, 3.8) is 0 Å². The lowest BCUT2D eigenvalue weighted by Crippen LogP contribution is -2.21. The summed E-state index contributed by atoms with van der Waals surface area (Å²) in [4.78, 5) is 10.9. The Kier molecular flexibility index (Phi) is 4.77. The first kappa shape index (κ1) is 13.5. The highest BCUT2D eigenvalue weighted by atomic mass is 79.9. The minimum absolute atomic E-state index is 0.365.